The second kappa shape index (κ2) is 5.42. The highest BCUT2D eigenvalue weighted by atomic mass is 19.3. The minimum atomic E-state index is -3.15. The van der Waals surface area contributed by atoms with Crippen LogP contribution in [0.1, 0.15) is 29.8 Å². The van der Waals surface area contributed by atoms with E-state index in [0.29, 0.717) is 5.56 Å². The minimum absolute atomic E-state index is 0.0426. The number of hydrogen-bond donors (Lipinski definition) is 0. The molecule has 114 valence electrons. The van der Waals surface area contributed by atoms with Gasteiger partial charge in [0.2, 0.25) is 0 Å². The molecule has 6 heteroatoms. The number of alkyl halides is 2. The van der Waals surface area contributed by atoms with E-state index in [1.807, 2.05) is 0 Å². The van der Waals surface area contributed by atoms with Gasteiger partial charge in [-0.1, -0.05) is 12.1 Å². The zero-order chi connectivity index (χ0) is 15.8. The molecular weight excluding hydrogens is 282 g/mol. The molecular formula is C15H16F2O4. The zero-order valence-electron chi connectivity index (χ0n) is 12.0. The van der Waals surface area contributed by atoms with E-state index < -0.39 is 29.7 Å². The van der Waals surface area contributed by atoms with Crippen LogP contribution < -0.4 is 4.74 Å². The second-order valence-corrected chi connectivity index (χ2v) is 5.23. The number of methoxy groups -OCH3 is 1. The first kappa shape index (κ1) is 15.4. The van der Waals surface area contributed by atoms with Gasteiger partial charge >= 0.3 is 5.97 Å². The Balaban J connectivity index is 2.52. The molecule has 1 aromatic rings. The van der Waals surface area contributed by atoms with Crippen molar-refractivity contribution in [3.05, 3.63) is 29.3 Å². The normalized spacial score (nSPS) is 20.8. The molecule has 1 aromatic carbocycles. The van der Waals surface area contributed by atoms with Crippen molar-refractivity contribution in [2.45, 2.75) is 32.8 Å². The third-order valence-electron chi connectivity index (χ3n) is 3.51. The number of Topliss-reactive ketones (excluding diaryl/α,β-unsaturated/α-hetero) is 1. The first-order valence-electron chi connectivity index (χ1n) is 6.54. The summed E-state index contributed by atoms with van der Waals surface area (Å²) < 4.78 is 37.1. The molecule has 0 aliphatic heterocycles. The van der Waals surface area contributed by atoms with Gasteiger partial charge in [-0.05, 0) is 25.5 Å². The van der Waals surface area contributed by atoms with Gasteiger partial charge in [0.1, 0.15) is 5.75 Å². The standard InChI is InChI=1S/C15H16F2O4/c1-8(2)21-14(19)15(13(16)17)7-9-5-4-6-10(20-3)11(9)12(15)18/h4-6,8,13H,7H2,1-3H3. The van der Waals surface area contributed by atoms with Crippen LogP contribution in [-0.2, 0) is 16.0 Å². The van der Waals surface area contributed by atoms with Crippen LogP contribution in [0.3, 0.4) is 0 Å². The highest BCUT2D eigenvalue weighted by Gasteiger charge is 2.60. The van der Waals surface area contributed by atoms with Gasteiger partial charge in [-0.2, -0.15) is 0 Å². The molecule has 0 amide bonds. The lowest BCUT2D eigenvalue weighted by atomic mass is 9.84. The maximum absolute atomic E-state index is 13.6. The fraction of sp³-hybridized carbons (Fsp3) is 0.467. The molecule has 0 fully saturated rings. The van der Waals surface area contributed by atoms with Gasteiger partial charge in [-0.15, -0.1) is 0 Å². The molecule has 1 aliphatic carbocycles. The Kier molecular flexibility index (Phi) is 3.98. The van der Waals surface area contributed by atoms with Crippen LogP contribution in [0.2, 0.25) is 0 Å². The van der Waals surface area contributed by atoms with E-state index in [-0.39, 0.29) is 17.7 Å². The Hall–Kier alpha value is -1.98. The Morgan fingerprint density at radius 3 is 2.52 bits per heavy atom. The molecule has 2 rings (SSSR count). The smallest absolute Gasteiger partial charge is 0.326 e. The number of carbonyl (C=O) groups excluding carboxylic acids is 2. The number of carbonyl (C=O) groups is 2. The van der Waals surface area contributed by atoms with Crippen molar-refractivity contribution >= 4 is 11.8 Å². The number of rotatable bonds is 4. The number of fused-ring (bicyclic) bond motifs is 1. The number of benzene rings is 1. The SMILES string of the molecule is COc1cccc2c1C(=O)C(C(=O)OC(C)C)(C(F)F)C2. The molecule has 21 heavy (non-hydrogen) atoms. The van der Waals surface area contributed by atoms with Crippen LogP contribution in [-0.4, -0.2) is 31.4 Å². The predicted octanol–water partition coefficient (Wildman–Crippen LogP) is 2.64. The van der Waals surface area contributed by atoms with Crippen LogP contribution in [0.15, 0.2) is 18.2 Å². The van der Waals surface area contributed by atoms with Crippen molar-refractivity contribution in [3.8, 4) is 5.75 Å². The monoisotopic (exact) mass is 298 g/mol. The Bertz CT molecular complexity index is 583. The second-order valence-electron chi connectivity index (χ2n) is 5.23. The molecule has 0 saturated heterocycles. The Labute approximate surface area is 121 Å². The topological polar surface area (TPSA) is 52.6 Å². The summed E-state index contributed by atoms with van der Waals surface area (Å²) in [6, 6.07) is 4.65. The van der Waals surface area contributed by atoms with E-state index in [2.05, 4.69) is 0 Å². The summed E-state index contributed by atoms with van der Waals surface area (Å²) in [5, 5.41) is 0. The summed E-state index contributed by atoms with van der Waals surface area (Å²) >= 11 is 0. The van der Waals surface area contributed by atoms with E-state index in [1.165, 1.54) is 13.2 Å². The van der Waals surface area contributed by atoms with Gasteiger partial charge in [-0.25, -0.2) is 8.78 Å². The van der Waals surface area contributed by atoms with E-state index in [9.17, 15) is 18.4 Å². The van der Waals surface area contributed by atoms with Gasteiger partial charge in [0.25, 0.3) is 6.43 Å². The number of ketones is 1. The number of hydrogen-bond acceptors (Lipinski definition) is 4. The Morgan fingerprint density at radius 2 is 2.00 bits per heavy atom. The molecule has 0 radical (unpaired) electrons. The fourth-order valence-corrected chi connectivity index (χ4v) is 2.50. The molecule has 1 unspecified atom stereocenters. The van der Waals surface area contributed by atoms with Crippen LogP contribution in [0.4, 0.5) is 8.78 Å². The summed E-state index contributed by atoms with van der Waals surface area (Å²) in [5.74, 6) is -1.93. The highest BCUT2D eigenvalue weighted by Crippen LogP contribution is 2.45. The molecule has 0 saturated carbocycles. The van der Waals surface area contributed by atoms with Crippen molar-refractivity contribution in [2.24, 2.45) is 5.41 Å². The third kappa shape index (κ3) is 2.28. The predicted molar refractivity (Wildman–Crippen MR) is 70.7 cm³/mol. The van der Waals surface area contributed by atoms with E-state index in [4.69, 9.17) is 9.47 Å². The minimum Gasteiger partial charge on any atom is -0.496 e. The lowest BCUT2D eigenvalue weighted by Gasteiger charge is -2.25. The summed E-state index contributed by atoms with van der Waals surface area (Å²) in [7, 11) is 1.34. The average Bonchev–Trinajstić information content (AvgIpc) is 2.72. The van der Waals surface area contributed by atoms with Crippen molar-refractivity contribution in [2.75, 3.05) is 7.11 Å². The van der Waals surface area contributed by atoms with Gasteiger partial charge < -0.3 is 9.47 Å². The van der Waals surface area contributed by atoms with Crippen molar-refractivity contribution in [1.82, 2.24) is 0 Å². The summed E-state index contributed by atoms with van der Waals surface area (Å²) in [6.07, 6.45) is -4.10. The van der Waals surface area contributed by atoms with Crippen LogP contribution in [0.5, 0.6) is 5.75 Å². The number of ether oxygens (including phenoxy) is 2. The third-order valence-corrected chi connectivity index (χ3v) is 3.51. The molecule has 0 heterocycles. The molecule has 1 aliphatic rings. The summed E-state index contributed by atoms with van der Waals surface area (Å²) in [6.45, 7) is 3.09. The van der Waals surface area contributed by atoms with Gasteiger partial charge in [-0.3, -0.25) is 9.59 Å². The average molecular weight is 298 g/mol. The van der Waals surface area contributed by atoms with Crippen LogP contribution in [0, 0.1) is 5.41 Å². The van der Waals surface area contributed by atoms with Gasteiger partial charge in [0.05, 0.1) is 18.8 Å². The van der Waals surface area contributed by atoms with E-state index in [1.54, 1.807) is 26.0 Å². The van der Waals surface area contributed by atoms with Gasteiger partial charge in [0.15, 0.2) is 11.2 Å². The first-order chi connectivity index (χ1) is 9.84. The lowest BCUT2D eigenvalue weighted by molar-refractivity contribution is -0.164. The summed E-state index contributed by atoms with van der Waals surface area (Å²) in [5.41, 5.74) is -2.05. The van der Waals surface area contributed by atoms with E-state index in [0.717, 1.165) is 0 Å². The quantitative estimate of drug-likeness (QED) is 0.633. The molecule has 0 spiro atoms. The first-order valence-corrected chi connectivity index (χ1v) is 6.54. The highest BCUT2D eigenvalue weighted by molar-refractivity contribution is 6.17. The fourth-order valence-electron chi connectivity index (χ4n) is 2.50. The van der Waals surface area contributed by atoms with Crippen molar-refractivity contribution in [3.63, 3.8) is 0 Å². The van der Waals surface area contributed by atoms with Crippen molar-refractivity contribution < 1.29 is 27.8 Å². The molecule has 0 aromatic heterocycles. The zero-order valence-corrected chi connectivity index (χ0v) is 12.0. The number of halogens is 2. The molecule has 0 bridgehead atoms. The largest absolute Gasteiger partial charge is 0.496 e. The molecule has 1 atom stereocenters. The lowest BCUT2D eigenvalue weighted by Crippen LogP contribution is -2.45. The number of esters is 1. The molecule has 0 N–H and O–H groups in total. The van der Waals surface area contributed by atoms with Gasteiger partial charge in [0, 0.05) is 6.42 Å². The van der Waals surface area contributed by atoms with Crippen LogP contribution in [0.25, 0.3) is 0 Å². The maximum atomic E-state index is 13.6. The van der Waals surface area contributed by atoms with Crippen LogP contribution >= 0.6 is 0 Å². The summed E-state index contributed by atoms with van der Waals surface area (Å²) in [4.78, 5) is 24.6. The van der Waals surface area contributed by atoms with E-state index >= 15 is 0 Å². The maximum Gasteiger partial charge on any atom is 0.326 e. The Morgan fingerprint density at radius 1 is 1.33 bits per heavy atom. The van der Waals surface area contributed by atoms with Crippen molar-refractivity contribution in [1.29, 1.82) is 0 Å². The molecule has 4 nitrogen and oxygen atoms in total.